The van der Waals surface area contributed by atoms with E-state index in [2.05, 4.69) is 32.0 Å². The van der Waals surface area contributed by atoms with Gasteiger partial charge in [0.1, 0.15) is 11.9 Å². The topological polar surface area (TPSA) is 66.4 Å². The van der Waals surface area contributed by atoms with Crippen molar-refractivity contribution in [3.05, 3.63) is 29.3 Å². The van der Waals surface area contributed by atoms with Gasteiger partial charge in [-0.3, -0.25) is 0 Å². The van der Waals surface area contributed by atoms with E-state index in [0.29, 0.717) is 0 Å². The Morgan fingerprint density at radius 3 is 1.81 bits per heavy atom. The van der Waals surface area contributed by atoms with Gasteiger partial charge in [-0.25, -0.2) is 8.42 Å². The molecule has 0 bridgehead atoms. The summed E-state index contributed by atoms with van der Waals surface area (Å²) < 4.78 is 39.1. The van der Waals surface area contributed by atoms with Crippen LogP contribution in [-0.2, 0) is 23.0 Å². The van der Waals surface area contributed by atoms with Crippen LogP contribution in [0.5, 0.6) is 5.75 Å². The molecule has 0 saturated heterocycles. The van der Waals surface area contributed by atoms with E-state index in [1.54, 1.807) is 6.92 Å². The maximum absolute atomic E-state index is 11.1. The van der Waals surface area contributed by atoms with E-state index in [1.807, 2.05) is 0 Å². The van der Waals surface area contributed by atoms with Crippen molar-refractivity contribution in [2.45, 2.75) is 91.1 Å². The van der Waals surface area contributed by atoms with E-state index in [9.17, 15) is 13.0 Å². The second-order valence-electron chi connectivity index (χ2n) is 7.18. The number of benzene rings is 1. The molecule has 4 nitrogen and oxygen atoms in total. The molecule has 6 heteroatoms. The Morgan fingerprint density at radius 1 is 0.926 bits per heavy atom. The minimum Gasteiger partial charge on any atom is -0.748 e. The Bertz CT molecular complexity index is 586. The van der Waals surface area contributed by atoms with Crippen LogP contribution in [0.15, 0.2) is 18.2 Å². The van der Waals surface area contributed by atoms with Gasteiger partial charge < -0.3 is 9.29 Å². The molecule has 0 amide bonds. The van der Waals surface area contributed by atoms with Crippen molar-refractivity contribution in [3.8, 4) is 5.75 Å². The number of unbranched alkanes of at least 4 members (excludes halogenated alkanes) is 6. The average Bonchev–Trinajstić information content (AvgIpc) is 2.56. The van der Waals surface area contributed by atoms with Gasteiger partial charge >= 0.3 is 29.6 Å². The zero-order valence-corrected chi connectivity index (χ0v) is 20.4. The molecule has 1 atom stereocenters. The first-order valence-corrected chi connectivity index (χ1v) is 11.7. The first-order valence-electron chi connectivity index (χ1n) is 10.1. The summed E-state index contributed by atoms with van der Waals surface area (Å²) in [5, 5.41) is 0. The second kappa shape index (κ2) is 14.9. The summed E-state index contributed by atoms with van der Waals surface area (Å²) in [7, 11) is -4.29. The second-order valence-corrected chi connectivity index (χ2v) is 8.63. The summed E-state index contributed by atoms with van der Waals surface area (Å²) in [5.41, 5.74) is 2.26. The van der Waals surface area contributed by atoms with Gasteiger partial charge in [-0.05, 0) is 43.7 Å². The fraction of sp³-hybridized carbons (Fsp3) is 0.714. The number of hydrogen-bond acceptors (Lipinski definition) is 4. The average molecular weight is 407 g/mol. The Hall–Kier alpha value is -0.0700. The summed E-state index contributed by atoms with van der Waals surface area (Å²) in [4.78, 5) is 0. The quantitative estimate of drug-likeness (QED) is 0.270. The molecule has 0 spiro atoms. The van der Waals surface area contributed by atoms with Crippen molar-refractivity contribution < 1.29 is 47.3 Å². The SMILES string of the molecule is CCCCCCc1cccc(CCCCCC)c1OC(C)CS(=O)(=O)[O-].[Na+]. The molecule has 0 heterocycles. The van der Waals surface area contributed by atoms with Crippen molar-refractivity contribution in [1.29, 1.82) is 0 Å². The monoisotopic (exact) mass is 406 g/mol. The van der Waals surface area contributed by atoms with Crippen molar-refractivity contribution >= 4 is 10.1 Å². The zero-order chi connectivity index (χ0) is 19.4. The molecule has 27 heavy (non-hydrogen) atoms. The zero-order valence-electron chi connectivity index (χ0n) is 17.6. The fourth-order valence-corrected chi connectivity index (χ4v) is 3.83. The van der Waals surface area contributed by atoms with Crippen LogP contribution in [0.1, 0.15) is 83.3 Å². The first kappa shape index (κ1) is 26.9. The van der Waals surface area contributed by atoms with Gasteiger partial charge in [0.25, 0.3) is 0 Å². The number of hydrogen-bond donors (Lipinski definition) is 0. The third-order valence-electron chi connectivity index (χ3n) is 4.54. The molecule has 0 radical (unpaired) electrons. The maximum Gasteiger partial charge on any atom is 1.00 e. The number of ether oxygens (including phenoxy) is 1. The van der Waals surface area contributed by atoms with Crippen molar-refractivity contribution in [1.82, 2.24) is 0 Å². The third-order valence-corrected chi connectivity index (χ3v) is 5.41. The molecule has 1 rings (SSSR count). The van der Waals surface area contributed by atoms with Gasteiger partial charge in [-0.1, -0.05) is 70.6 Å². The summed E-state index contributed by atoms with van der Waals surface area (Å²) in [6, 6.07) is 6.19. The smallest absolute Gasteiger partial charge is 0.748 e. The minimum atomic E-state index is -4.29. The molecule has 1 unspecified atom stereocenters. The van der Waals surface area contributed by atoms with Gasteiger partial charge in [-0.2, -0.15) is 0 Å². The van der Waals surface area contributed by atoms with Crippen LogP contribution in [0.25, 0.3) is 0 Å². The third kappa shape index (κ3) is 12.2. The molecule has 150 valence electrons. The van der Waals surface area contributed by atoms with E-state index >= 15 is 0 Å². The van der Waals surface area contributed by atoms with E-state index in [-0.39, 0.29) is 29.6 Å². The van der Waals surface area contributed by atoms with Gasteiger partial charge in [0.15, 0.2) is 0 Å². The normalized spacial score (nSPS) is 12.4. The molecule has 0 aliphatic rings. The number of rotatable bonds is 14. The van der Waals surface area contributed by atoms with Crippen LogP contribution in [0.4, 0.5) is 0 Å². The largest absolute Gasteiger partial charge is 1.00 e. The number of para-hydroxylation sites is 1. The summed E-state index contributed by atoms with van der Waals surface area (Å²) in [6.07, 6.45) is 10.6. The van der Waals surface area contributed by atoms with Crippen molar-refractivity contribution in [2.24, 2.45) is 0 Å². The molecule has 0 aliphatic carbocycles. The summed E-state index contributed by atoms with van der Waals surface area (Å²) in [6.45, 7) is 6.04. The van der Waals surface area contributed by atoms with Gasteiger partial charge in [0.2, 0.25) is 0 Å². The fourth-order valence-electron chi connectivity index (χ4n) is 3.19. The van der Waals surface area contributed by atoms with Crippen molar-refractivity contribution in [3.63, 3.8) is 0 Å². The van der Waals surface area contributed by atoms with E-state index in [1.165, 1.54) is 38.5 Å². The molecule has 0 aliphatic heterocycles. The van der Waals surface area contributed by atoms with Crippen LogP contribution in [0, 0.1) is 0 Å². The van der Waals surface area contributed by atoms with E-state index in [4.69, 9.17) is 4.74 Å². The van der Waals surface area contributed by atoms with Crippen LogP contribution < -0.4 is 34.3 Å². The molecule has 1 aromatic rings. The van der Waals surface area contributed by atoms with E-state index in [0.717, 1.165) is 42.6 Å². The van der Waals surface area contributed by atoms with Crippen LogP contribution in [0.2, 0.25) is 0 Å². The van der Waals surface area contributed by atoms with Gasteiger partial charge in [0.05, 0.1) is 15.9 Å². The Morgan fingerprint density at radius 2 is 1.41 bits per heavy atom. The molecule has 0 N–H and O–H groups in total. The number of aryl methyl sites for hydroxylation is 2. The first-order chi connectivity index (χ1) is 12.4. The molecule has 0 aromatic heterocycles. The molecular weight excluding hydrogens is 371 g/mol. The summed E-state index contributed by atoms with van der Waals surface area (Å²) in [5.74, 6) is 0.309. The Balaban J connectivity index is 0.00000676. The Labute approximate surface area is 188 Å². The predicted octanol–water partition coefficient (Wildman–Crippen LogP) is 2.25. The van der Waals surface area contributed by atoms with Crippen LogP contribution in [0.3, 0.4) is 0 Å². The van der Waals surface area contributed by atoms with E-state index < -0.39 is 22.0 Å². The standard InChI is InChI=1S/C21H36O4S.Na/c1-4-6-8-10-13-19-15-12-16-20(14-11-9-7-5-2)21(19)25-18(3)17-26(22,23)24;/h12,15-16,18H,4-11,13-14,17H2,1-3H3,(H,22,23,24);/q;+1/p-1. The minimum absolute atomic E-state index is 0. The molecular formula is C21H35NaO4S. The molecule has 0 fully saturated rings. The molecule has 0 saturated carbocycles. The maximum atomic E-state index is 11.1. The van der Waals surface area contributed by atoms with Gasteiger partial charge in [0, 0.05) is 0 Å². The summed E-state index contributed by atoms with van der Waals surface area (Å²) >= 11 is 0. The van der Waals surface area contributed by atoms with Crippen LogP contribution >= 0.6 is 0 Å². The predicted molar refractivity (Wildman–Crippen MR) is 107 cm³/mol. The van der Waals surface area contributed by atoms with Crippen molar-refractivity contribution in [2.75, 3.05) is 5.75 Å². The van der Waals surface area contributed by atoms with Crippen LogP contribution in [-0.4, -0.2) is 24.8 Å². The van der Waals surface area contributed by atoms with Gasteiger partial charge in [-0.15, -0.1) is 0 Å². The molecule has 1 aromatic carbocycles. The Kier molecular flexibility index (Phi) is 14.8.